The standard InChI is InChI=1S/C18H26N2O5/c1-16(20(21)22)18(25-15-17-5-3-2-4-6-17)7-11-23-12-8-19-9-13-24-14-10-19/h2-7,16H,8-15H2,1H3/b18-7+/t16-/m0/s1. The van der Waals surface area contributed by atoms with Gasteiger partial charge in [-0.15, -0.1) is 0 Å². The highest BCUT2D eigenvalue weighted by Crippen LogP contribution is 2.12. The van der Waals surface area contributed by atoms with Gasteiger partial charge in [0.05, 0.1) is 26.4 Å². The van der Waals surface area contributed by atoms with E-state index in [9.17, 15) is 10.1 Å². The summed E-state index contributed by atoms with van der Waals surface area (Å²) in [5.74, 6) is 0.334. The van der Waals surface area contributed by atoms with Gasteiger partial charge in [0, 0.05) is 31.5 Å². The van der Waals surface area contributed by atoms with Crippen molar-refractivity contribution in [1.82, 2.24) is 4.90 Å². The van der Waals surface area contributed by atoms with Crippen molar-refractivity contribution in [1.29, 1.82) is 0 Å². The summed E-state index contributed by atoms with van der Waals surface area (Å²) in [5, 5.41) is 11.1. The minimum Gasteiger partial charge on any atom is -0.486 e. The molecule has 138 valence electrons. The van der Waals surface area contributed by atoms with Crippen molar-refractivity contribution in [2.75, 3.05) is 46.1 Å². The van der Waals surface area contributed by atoms with E-state index >= 15 is 0 Å². The number of morpholine rings is 1. The largest absolute Gasteiger partial charge is 0.486 e. The number of benzene rings is 1. The van der Waals surface area contributed by atoms with E-state index in [2.05, 4.69) is 4.90 Å². The third-order valence-corrected chi connectivity index (χ3v) is 4.03. The normalized spacial score (nSPS) is 17.2. The van der Waals surface area contributed by atoms with Gasteiger partial charge in [-0.3, -0.25) is 15.0 Å². The van der Waals surface area contributed by atoms with E-state index in [0.29, 0.717) is 25.6 Å². The molecule has 2 rings (SSSR count). The summed E-state index contributed by atoms with van der Waals surface area (Å²) in [6, 6.07) is 8.69. The van der Waals surface area contributed by atoms with E-state index in [1.165, 1.54) is 6.92 Å². The quantitative estimate of drug-likeness (QED) is 0.278. The summed E-state index contributed by atoms with van der Waals surface area (Å²) in [5.41, 5.74) is 0.970. The predicted octanol–water partition coefficient (Wildman–Crippen LogP) is 2.10. The minimum absolute atomic E-state index is 0.298. The molecule has 1 saturated heterocycles. The molecule has 0 aliphatic carbocycles. The number of ether oxygens (including phenoxy) is 3. The second-order valence-corrected chi connectivity index (χ2v) is 5.87. The zero-order valence-corrected chi connectivity index (χ0v) is 14.6. The molecule has 0 N–H and O–H groups in total. The van der Waals surface area contributed by atoms with Gasteiger partial charge in [0.2, 0.25) is 0 Å². The summed E-state index contributed by atoms with van der Waals surface area (Å²) in [6.45, 7) is 6.90. The van der Waals surface area contributed by atoms with Gasteiger partial charge in [-0.05, 0) is 11.6 Å². The van der Waals surface area contributed by atoms with E-state index in [0.717, 1.165) is 38.4 Å². The third-order valence-electron chi connectivity index (χ3n) is 4.03. The lowest BCUT2D eigenvalue weighted by Gasteiger charge is -2.26. The topological polar surface area (TPSA) is 74.1 Å². The van der Waals surface area contributed by atoms with Crippen LogP contribution in [0.3, 0.4) is 0 Å². The minimum atomic E-state index is -0.897. The highest BCUT2D eigenvalue weighted by molar-refractivity contribution is 5.14. The molecule has 25 heavy (non-hydrogen) atoms. The number of hydrogen-bond acceptors (Lipinski definition) is 6. The van der Waals surface area contributed by atoms with Crippen LogP contribution in [0.1, 0.15) is 12.5 Å². The van der Waals surface area contributed by atoms with Crippen molar-refractivity contribution in [2.24, 2.45) is 0 Å². The Bertz CT molecular complexity index is 544. The summed E-state index contributed by atoms with van der Waals surface area (Å²) in [4.78, 5) is 13.0. The molecule has 1 aromatic carbocycles. The predicted molar refractivity (Wildman–Crippen MR) is 93.8 cm³/mol. The highest BCUT2D eigenvalue weighted by Gasteiger charge is 2.20. The average molecular weight is 350 g/mol. The number of hydrogen-bond donors (Lipinski definition) is 0. The molecule has 0 radical (unpaired) electrons. The lowest BCUT2D eigenvalue weighted by Crippen LogP contribution is -2.38. The van der Waals surface area contributed by atoms with Gasteiger partial charge in [-0.2, -0.15) is 0 Å². The Morgan fingerprint density at radius 2 is 2.08 bits per heavy atom. The van der Waals surface area contributed by atoms with Crippen molar-refractivity contribution in [3.8, 4) is 0 Å². The molecule has 0 bridgehead atoms. The van der Waals surface area contributed by atoms with E-state index in [-0.39, 0.29) is 4.92 Å². The van der Waals surface area contributed by atoms with Gasteiger partial charge in [0.25, 0.3) is 6.04 Å². The van der Waals surface area contributed by atoms with Gasteiger partial charge in [-0.25, -0.2) is 0 Å². The Morgan fingerprint density at radius 1 is 1.36 bits per heavy atom. The zero-order valence-electron chi connectivity index (χ0n) is 14.6. The Balaban J connectivity index is 1.77. The summed E-state index contributed by atoms with van der Waals surface area (Å²) in [6.07, 6.45) is 1.66. The first-order valence-corrected chi connectivity index (χ1v) is 8.55. The van der Waals surface area contributed by atoms with Gasteiger partial charge in [-0.1, -0.05) is 30.3 Å². The monoisotopic (exact) mass is 350 g/mol. The summed E-state index contributed by atoms with van der Waals surface area (Å²) in [7, 11) is 0. The first-order chi connectivity index (χ1) is 12.2. The number of nitro groups is 1. The van der Waals surface area contributed by atoms with Crippen LogP contribution in [0.5, 0.6) is 0 Å². The molecule has 1 heterocycles. The number of rotatable bonds is 10. The molecule has 7 heteroatoms. The average Bonchev–Trinajstić information content (AvgIpc) is 2.65. The van der Waals surface area contributed by atoms with E-state index in [1.807, 2.05) is 30.3 Å². The van der Waals surface area contributed by atoms with Crippen molar-refractivity contribution in [2.45, 2.75) is 19.6 Å². The molecule has 0 amide bonds. The molecule has 7 nitrogen and oxygen atoms in total. The molecule has 1 atom stereocenters. The first kappa shape index (κ1) is 19.4. The second-order valence-electron chi connectivity index (χ2n) is 5.87. The summed E-state index contributed by atoms with van der Waals surface area (Å²) < 4.78 is 16.5. The molecule has 1 aliphatic heterocycles. The lowest BCUT2D eigenvalue weighted by molar-refractivity contribution is -0.512. The molecule has 0 spiro atoms. The molecular formula is C18H26N2O5. The fraction of sp³-hybridized carbons (Fsp3) is 0.556. The maximum atomic E-state index is 11.1. The molecule has 1 aliphatic rings. The van der Waals surface area contributed by atoms with Gasteiger partial charge >= 0.3 is 0 Å². The van der Waals surface area contributed by atoms with Crippen LogP contribution in [0.4, 0.5) is 0 Å². The maximum Gasteiger partial charge on any atom is 0.266 e. The van der Waals surface area contributed by atoms with Crippen LogP contribution in [-0.4, -0.2) is 61.9 Å². The summed E-state index contributed by atoms with van der Waals surface area (Å²) >= 11 is 0. The molecule has 0 saturated carbocycles. The van der Waals surface area contributed by atoms with E-state index in [4.69, 9.17) is 14.2 Å². The maximum absolute atomic E-state index is 11.1. The molecule has 0 unspecified atom stereocenters. The Kier molecular flexibility index (Phi) is 8.38. The van der Waals surface area contributed by atoms with Crippen LogP contribution in [0.2, 0.25) is 0 Å². The van der Waals surface area contributed by atoms with Gasteiger partial charge in [0.15, 0.2) is 5.76 Å². The Labute approximate surface area is 148 Å². The molecular weight excluding hydrogens is 324 g/mol. The van der Waals surface area contributed by atoms with Crippen LogP contribution in [0, 0.1) is 10.1 Å². The van der Waals surface area contributed by atoms with Crippen molar-refractivity contribution >= 4 is 0 Å². The lowest BCUT2D eigenvalue weighted by atomic mass is 10.2. The molecule has 1 fully saturated rings. The Morgan fingerprint density at radius 3 is 2.76 bits per heavy atom. The van der Waals surface area contributed by atoms with Gasteiger partial charge < -0.3 is 14.2 Å². The molecule has 1 aromatic rings. The van der Waals surface area contributed by atoms with Crippen LogP contribution in [0.15, 0.2) is 42.2 Å². The Hall–Kier alpha value is -1.96. The fourth-order valence-electron chi connectivity index (χ4n) is 2.44. The second kappa shape index (κ2) is 10.8. The first-order valence-electron chi connectivity index (χ1n) is 8.55. The van der Waals surface area contributed by atoms with E-state index < -0.39 is 6.04 Å². The van der Waals surface area contributed by atoms with Crippen LogP contribution in [-0.2, 0) is 20.8 Å². The molecule has 0 aromatic heterocycles. The SMILES string of the molecule is C[C@@H](/C(=C\COCCN1CCOCC1)OCc1ccccc1)[N+](=O)[O-]. The highest BCUT2D eigenvalue weighted by atomic mass is 16.6. The van der Waals surface area contributed by atoms with Crippen LogP contribution < -0.4 is 0 Å². The van der Waals surface area contributed by atoms with Crippen molar-refractivity contribution < 1.29 is 19.1 Å². The third kappa shape index (κ3) is 7.21. The van der Waals surface area contributed by atoms with E-state index in [1.54, 1.807) is 6.08 Å². The van der Waals surface area contributed by atoms with Crippen molar-refractivity contribution in [3.05, 3.63) is 57.8 Å². The van der Waals surface area contributed by atoms with Crippen molar-refractivity contribution in [3.63, 3.8) is 0 Å². The van der Waals surface area contributed by atoms with Crippen LogP contribution in [0.25, 0.3) is 0 Å². The zero-order chi connectivity index (χ0) is 17.9. The number of nitrogens with zero attached hydrogens (tertiary/aromatic N) is 2. The van der Waals surface area contributed by atoms with Crippen LogP contribution >= 0.6 is 0 Å². The van der Waals surface area contributed by atoms with Gasteiger partial charge in [0.1, 0.15) is 6.61 Å². The smallest absolute Gasteiger partial charge is 0.266 e. The fourth-order valence-corrected chi connectivity index (χ4v) is 2.44.